The lowest BCUT2D eigenvalue weighted by Crippen LogP contribution is -2.19. The Morgan fingerprint density at radius 1 is 1.50 bits per heavy atom. The first-order chi connectivity index (χ1) is 7.60. The minimum absolute atomic E-state index is 0.183. The average Bonchev–Trinajstić information content (AvgIpc) is 2.26. The Balaban J connectivity index is 3.49. The van der Waals surface area contributed by atoms with Crippen molar-refractivity contribution in [3.05, 3.63) is 12.7 Å². The average molecular weight is 230 g/mol. The van der Waals surface area contributed by atoms with Gasteiger partial charge in [-0.25, -0.2) is 4.79 Å². The zero-order chi connectivity index (χ0) is 12.4. The molecule has 0 spiro atoms. The standard InChI is InChI=1S/C12H22O4/c1-4-6-7-10(3)15-9-8-12(14)16-11(13)5-2/h5,10,12,14H,2,4,6-9H2,1,3H3. The predicted octanol–water partition coefficient (Wildman–Crippen LogP) is 2.02. The van der Waals surface area contributed by atoms with Gasteiger partial charge in [-0.05, 0) is 13.3 Å². The van der Waals surface area contributed by atoms with Crippen molar-refractivity contribution in [2.24, 2.45) is 0 Å². The van der Waals surface area contributed by atoms with Crippen molar-refractivity contribution >= 4 is 5.97 Å². The maximum Gasteiger partial charge on any atom is 0.332 e. The summed E-state index contributed by atoms with van der Waals surface area (Å²) in [7, 11) is 0. The molecular weight excluding hydrogens is 208 g/mol. The summed E-state index contributed by atoms with van der Waals surface area (Å²) in [6.45, 7) is 7.75. The van der Waals surface area contributed by atoms with Crippen LogP contribution in [0.5, 0.6) is 0 Å². The first kappa shape index (κ1) is 15.1. The fourth-order valence-corrected chi connectivity index (χ4v) is 1.19. The molecule has 0 saturated heterocycles. The summed E-state index contributed by atoms with van der Waals surface area (Å²) in [5.74, 6) is -0.619. The number of hydrogen-bond donors (Lipinski definition) is 1. The minimum atomic E-state index is -1.11. The van der Waals surface area contributed by atoms with Crippen molar-refractivity contribution in [3.8, 4) is 0 Å². The molecule has 0 aromatic heterocycles. The largest absolute Gasteiger partial charge is 0.433 e. The van der Waals surface area contributed by atoms with Crippen LogP contribution < -0.4 is 0 Å². The lowest BCUT2D eigenvalue weighted by Gasteiger charge is -2.14. The van der Waals surface area contributed by atoms with Gasteiger partial charge in [0, 0.05) is 12.5 Å². The first-order valence-electron chi connectivity index (χ1n) is 5.72. The molecule has 0 rings (SSSR count). The summed E-state index contributed by atoms with van der Waals surface area (Å²) >= 11 is 0. The Labute approximate surface area is 97.2 Å². The molecule has 2 atom stereocenters. The van der Waals surface area contributed by atoms with Crippen LogP contribution in [0.2, 0.25) is 0 Å². The van der Waals surface area contributed by atoms with Gasteiger partial charge in [0.2, 0.25) is 6.29 Å². The lowest BCUT2D eigenvalue weighted by atomic mass is 10.2. The Bertz CT molecular complexity index is 203. The van der Waals surface area contributed by atoms with Crippen LogP contribution in [0.3, 0.4) is 0 Å². The van der Waals surface area contributed by atoms with Crippen molar-refractivity contribution in [2.45, 2.75) is 51.9 Å². The molecule has 0 aromatic rings. The van der Waals surface area contributed by atoms with Gasteiger partial charge in [-0.2, -0.15) is 0 Å². The van der Waals surface area contributed by atoms with Gasteiger partial charge in [-0.15, -0.1) is 0 Å². The van der Waals surface area contributed by atoms with Crippen molar-refractivity contribution in [1.82, 2.24) is 0 Å². The van der Waals surface area contributed by atoms with E-state index in [2.05, 4.69) is 18.2 Å². The topological polar surface area (TPSA) is 55.8 Å². The Hall–Kier alpha value is -0.870. The third-order valence-corrected chi connectivity index (χ3v) is 2.15. The molecule has 0 aliphatic heterocycles. The highest BCUT2D eigenvalue weighted by Crippen LogP contribution is 2.05. The van der Waals surface area contributed by atoms with Gasteiger partial charge in [-0.3, -0.25) is 0 Å². The summed E-state index contributed by atoms with van der Waals surface area (Å²) in [4.78, 5) is 10.7. The molecule has 0 aliphatic rings. The molecule has 4 heteroatoms. The number of carbonyl (C=O) groups is 1. The fraction of sp³-hybridized carbons (Fsp3) is 0.750. The summed E-state index contributed by atoms with van der Waals surface area (Å²) in [5.41, 5.74) is 0. The molecule has 2 unspecified atom stereocenters. The van der Waals surface area contributed by atoms with E-state index in [1.807, 2.05) is 6.92 Å². The number of hydrogen-bond acceptors (Lipinski definition) is 4. The van der Waals surface area contributed by atoms with E-state index < -0.39 is 12.3 Å². The Morgan fingerprint density at radius 2 is 2.19 bits per heavy atom. The van der Waals surface area contributed by atoms with Crippen LogP contribution in [-0.2, 0) is 14.3 Å². The number of unbranched alkanes of at least 4 members (excludes halogenated alkanes) is 1. The zero-order valence-electron chi connectivity index (χ0n) is 10.1. The highest BCUT2D eigenvalue weighted by atomic mass is 16.6. The second kappa shape index (κ2) is 9.36. The second-order valence-corrected chi connectivity index (χ2v) is 3.71. The summed E-state index contributed by atoms with van der Waals surface area (Å²) in [6, 6.07) is 0. The van der Waals surface area contributed by atoms with Gasteiger partial charge < -0.3 is 14.6 Å². The number of ether oxygens (including phenoxy) is 2. The molecule has 16 heavy (non-hydrogen) atoms. The van der Waals surface area contributed by atoms with Gasteiger partial charge in [-0.1, -0.05) is 26.3 Å². The lowest BCUT2D eigenvalue weighted by molar-refractivity contribution is -0.164. The number of aliphatic hydroxyl groups excluding tert-OH is 1. The van der Waals surface area contributed by atoms with Crippen molar-refractivity contribution in [3.63, 3.8) is 0 Å². The second-order valence-electron chi connectivity index (χ2n) is 3.71. The van der Waals surface area contributed by atoms with Crippen LogP contribution in [0.15, 0.2) is 12.7 Å². The van der Waals surface area contributed by atoms with Gasteiger partial charge in [0.1, 0.15) is 0 Å². The fourth-order valence-electron chi connectivity index (χ4n) is 1.19. The van der Waals surface area contributed by atoms with E-state index >= 15 is 0 Å². The van der Waals surface area contributed by atoms with Gasteiger partial charge in [0.05, 0.1) is 12.7 Å². The van der Waals surface area contributed by atoms with E-state index in [1.54, 1.807) is 0 Å². The van der Waals surface area contributed by atoms with Crippen LogP contribution in [0.4, 0.5) is 0 Å². The third kappa shape index (κ3) is 8.44. The zero-order valence-corrected chi connectivity index (χ0v) is 10.1. The van der Waals surface area contributed by atoms with E-state index in [-0.39, 0.29) is 12.5 Å². The van der Waals surface area contributed by atoms with E-state index in [1.165, 1.54) is 0 Å². The van der Waals surface area contributed by atoms with Crippen LogP contribution >= 0.6 is 0 Å². The molecule has 0 heterocycles. The van der Waals surface area contributed by atoms with Gasteiger partial charge in [0.25, 0.3) is 0 Å². The van der Waals surface area contributed by atoms with Crippen molar-refractivity contribution in [1.29, 1.82) is 0 Å². The van der Waals surface area contributed by atoms with Crippen LogP contribution in [0, 0.1) is 0 Å². The summed E-state index contributed by atoms with van der Waals surface area (Å²) in [5, 5.41) is 9.27. The maximum absolute atomic E-state index is 10.7. The molecule has 0 amide bonds. The minimum Gasteiger partial charge on any atom is -0.433 e. The SMILES string of the molecule is C=CC(=O)OC(O)CCOC(C)CCCC. The van der Waals surface area contributed by atoms with E-state index in [9.17, 15) is 9.90 Å². The van der Waals surface area contributed by atoms with E-state index in [0.29, 0.717) is 6.61 Å². The smallest absolute Gasteiger partial charge is 0.332 e. The maximum atomic E-state index is 10.7. The molecule has 0 bridgehead atoms. The van der Waals surface area contributed by atoms with Crippen molar-refractivity contribution in [2.75, 3.05) is 6.61 Å². The molecule has 0 saturated carbocycles. The Kier molecular flexibility index (Phi) is 8.85. The molecular formula is C12H22O4. The van der Waals surface area contributed by atoms with Crippen LogP contribution in [0.1, 0.15) is 39.5 Å². The third-order valence-electron chi connectivity index (χ3n) is 2.15. The highest BCUT2D eigenvalue weighted by Gasteiger charge is 2.09. The van der Waals surface area contributed by atoms with Crippen LogP contribution in [0.25, 0.3) is 0 Å². The number of rotatable bonds is 9. The van der Waals surface area contributed by atoms with Gasteiger partial charge in [0.15, 0.2) is 0 Å². The molecule has 0 aliphatic carbocycles. The molecule has 94 valence electrons. The summed E-state index contributed by atoms with van der Waals surface area (Å²) in [6.07, 6.45) is 3.68. The molecule has 0 aromatic carbocycles. The number of esters is 1. The summed E-state index contributed by atoms with van der Waals surface area (Å²) < 4.78 is 10.0. The first-order valence-corrected chi connectivity index (χ1v) is 5.72. The van der Waals surface area contributed by atoms with Gasteiger partial charge >= 0.3 is 5.97 Å². The normalized spacial score (nSPS) is 14.2. The molecule has 0 fully saturated rings. The van der Waals surface area contributed by atoms with Crippen LogP contribution in [-0.4, -0.2) is 30.1 Å². The predicted molar refractivity (Wildman–Crippen MR) is 61.9 cm³/mol. The Morgan fingerprint density at radius 3 is 2.75 bits per heavy atom. The quantitative estimate of drug-likeness (QED) is 0.374. The number of carbonyl (C=O) groups excluding carboxylic acids is 1. The molecule has 1 N–H and O–H groups in total. The van der Waals surface area contributed by atoms with Crippen molar-refractivity contribution < 1.29 is 19.4 Å². The molecule has 4 nitrogen and oxygen atoms in total. The van der Waals surface area contributed by atoms with E-state index in [0.717, 1.165) is 25.3 Å². The van der Waals surface area contributed by atoms with E-state index in [4.69, 9.17) is 4.74 Å². The number of aliphatic hydroxyl groups is 1. The highest BCUT2D eigenvalue weighted by molar-refractivity contribution is 5.81. The monoisotopic (exact) mass is 230 g/mol. The molecule has 0 radical (unpaired) electrons.